The SMILES string of the molecule is COc1cccc(-n2ccnc2SCC(=O)N2CCCC2c2cc(OC)ccc2OC)c1. The van der Waals surface area contributed by atoms with Crippen molar-refractivity contribution in [3.63, 3.8) is 0 Å². The molecule has 4 rings (SSSR count). The van der Waals surface area contributed by atoms with Crippen LogP contribution >= 0.6 is 11.8 Å². The lowest BCUT2D eigenvalue weighted by Crippen LogP contribution is -2.32. The Bertz CT molecular complexity index is 1080. The maximum absolute atomic E-state index is 13.2. The second kappa shape index (κ2) is 9.99. The lowest BCUT2D eigenvalue weighted by molar-refractivity contribution is -0.129. The molecule has 0 saturated carbocycles. The zero-order chi connectivity index (χ0) is 22.5. The molecule has 1 aliphatic rings. The van der Waals surface area contributed by atoms with E-state index in [4.69, 9.17) is 14.2 Å². The van der Waals surface area contributed by atoms with Gasteiger partial charge in [-0.25, -0.2) is 4.98 Å². The number of ether oxygens (including phenoxy) is 3. The number of amides is 1. The Morgan fingerprint density at radius 3 is 2.69 bits per heavy atom. The summed E-state index contributed by atoms with van der Waals surface area (Å²) in [6.07, 6.45) is 5.49. The Kier molecular flexibility index (Phi) is 6.90. The largest absolute Gasteiger partial charge is 0.497 e. The molecule has 0 bridgehead atoms. The van der Waals surface area contributed by atoms with Crippen LogP contribution in [0.15, 0.2) is 60.0 Å². The Morgan fingerprint density at radius 2 is 1.91 bits per heavy atom. The minimum atomic E-state index is -0.0220. The third-order valence-electron chi connectivity index (χ3n) is 5.63. The first kappa shape index (κ1) is 22.1. The first-order chi connectivity index (χ1) is 15.6. The molecule has 1 aromatic heterocycles. The number of thioether (sulfide) groups is 1. The van der Waals surface area contributed by atoms with Gasteiger partial charge in [-0.2, -0.15) is 0 Å². The first-order valence-electron chi connectivity index (χ1n) is 10.5. The molecule has 0 radical (unpaired) electrons. The van der Waals surface area contributed by atoms with Crippen LogP contribution in [0.2, 0.25) is 0 Å². The van der Waals surface area contributed by atoms with Gasteiger partial charge in [-0.15, -0.1) is 0 Å². The zero-order valence-corrected chi connectivity index (χ0v) is 19.3. The van der Waals surface area contributed by atoms with Crippen molar-refractivity contribution < 1.29 is 19.0 Å². The van der Waals surface area contributed by atoms with Gasteiger partial charge in [0.25, 0.3) is 0 Å². The summed E-state index contributed by atoms with van der Waals surface area (Å²) in [5.74, 6) is 2.70. The van der Waals surface area contributed by atoms with Crippen molar-refractivity contribution in [3.8, 4) is 22.9 Å². The van der Waals surface area contributed by atoms with Gasteiger partial charge in [0.2, 0.25) is 5.91 Å². The standard InChI is InChI=1S/C24H27N3O4S/c1-29-18-7-4-6-17(14-18)26-13-11-25-24(26)32-16-23(28)27-12-5-8-21(27)20-15-19(30-2)9-10-22(20)31-3/h4,6-7,9-11,13-15,21H,5,8,12,16H2,1-3H3. The Hall–Kier alpha value is -3.13. The monoisotopic (exact) mass is 453 g/mol. The predicted octanol–water partition coefficient (Wildman–Crippen LogP) is 4.35. The van der Waals surface area contributed by atoms with Crippen LogP contribution in [0, 0.1) is 0 Å². The van der Waals surface area contributed by atoms with Gasteiger partial charge in [0.1, 0.15) is 17.2 Å². The summed E-state index contributed by atoms with van der Waals surface area (Å²) in [6, 6.07) is 13.5. The zero-order valence-electron chi connectivity index (χ0n) is 18.5. The Morgan fingerprint density at radius 1 is 1.09 bits per heavy atom. The van der Waals surface area contributed by atoms with E-state index in [9.17, 15) is 4.79 Å². The van der Waals surface area contributed by atoms with Gasteiger partial charge in [-0.1, -0.05) is 17.8 Å². The molecule has 168 valence electrons. The minimum absolute atomic E-state index is 0.0220. The minimum Gasteiger partial charge on any atom is -0.497 e. The van der Waals surface area contributed by atoms with Gasteiger partial charge in [0.15, 0.2) is 5.16 Å². The lowest BCUT2D eigenvalue weighted by atomic mass is 10.0. The Balaban J connectivity index is 1.49. The van der Waals surface area contributed by atoms with Crippen molar-refractivity contribution in [2.24, 2.45) is 0 Å². The van der Waals surface area contributed by atoms with E-state index in [1.54, 1.807) is 27.5 Å². The predicted molar refractivity (Wildman–Crippen MR) is 124 cm³/mol. The normalized spacial score (nSPS) is 15.6. The van der Waals surface area contributed by atoms with Crippen LogP contribution in [0.25, 0.3) is 5.69 Å². The van der Waals surface area contributed by atoms with Crippen molar-refractivity contribution >= 4 is 17.7 Å². The van der Waals surface area contributed by atoms with E-state index in [0.717, 1.165) is 53.0 Å². The van der Waals surface area contributed by atoms with Crippen LogP contribution < -0.4 is 14.2 Å². The van der Waals surface area contributed by atoms with E-state index in [-0.39, 0.29) is 11.9 Å². The molecule has 8 heteroatoms. The summed E-state index contributed by atoms with van der Waals surface area (Å²) in [4.78, 5) is 19.6. The number of nitrogens with zero attached hydrogens (tertiary/aromatic N) is 3. The third-order valence-corrected chi connectivity index (χ3v) is 6.58. The van der Waals surface area contributed by atoms with Gasteiger partial charge in [-0.3, -0.25) is 9.36 Å². The highest BCUT2D eigenvalue weighted by Gasteiger charge is 2.32. The number of likely N-dealkylation sites (tertiary alicyclic amines) is 1. The van der Waals surface area contributed by atoms with E-state index < -0.39 is 0 Å². The first-order valence-corrected chi connectivity index (χ1v) is 11.4. The number of hydrogen-bond acceptors (Lipinski definition) is 6. The van der Waals surface area contributed by atoms with Crippen molar-refractivity contribution in [2.45, 2.75) is 24.0 Å². The molecule has 1 unspecified atom stereocenters. The molecule has 7 nitrogen and oxygen atoms in total. The number of methoxy groups -OCH3 is 3. The summed E-state index contributed by atoms with van der Waals surface area (Å²) >= 11 is 1.44. The van der Waals surface area contributed by atoms with Gasteiger partial charge in [-0.05, 0) is 43.2 Å². The number of rotatable bonds is 8. The highest BCUT2D eigenvalue weighted by molar-refractivity contribution is 7.99. The van der Waals surface area contributed by atoms with Crippen molar-refractivity contribution in [1.82, 2.24) is 14.5 Å². The maximum atomic E-state index is 13.2. The topological polar surface area (TPSA) is 65.8 Å². The quantitative estimate of drug-likeness (QED) is 0.473. The lowest BCUT2D eigenvalue weighted by Gasteiger charge is -2.26. The molecule has 3 aromatic rings. The summed E-state index contributed by atoms with van der Waals surface area (Å²) in [5.41, 5.74) is 1.93. The van der Waals surface area contributed by atoms with Crippen LogP contribution in [0.4, 0.5) is 0 Å². The van der Waals surface area contributed by atoms with Crippen LogP contribution in [-0.2, 0) is 4.79 Å². The number of imidazole rings is 1. The number of aromatic nitrogens is 2. The summed E-state index contributed by atoms with van der Waals surface area (Å²) in [5, 5.41) is 0.765. The van der Waals surface area contributed by atoms with Gasteiger partial charge < -0.3 is 19.1 Å². The molecule has 2 aromatic carbocycles. The number of benzene rings is 2. The molecule has 1 amide bonds. The highest BCUT2D eigenvalue weighted by atomic mass is 32.2. The van der Waals surface area contributed by atoms with Crippen molar-refractivity contribution in [3.05, 3.63) is 60.4 Å². The van der Waals surface area contributed by atoms with Gasteiger partial charge in [0, 0.05) is 30.6 Å². The molecule has 1 saturated heterocycles. The highest BCUT2D eigenvalue weighted by Crippen LogP contribution is 2.39. The molecule has 1 fully saturated rings. The van der Waals surface area contributed by atoms with E-state index in [1.807, 2.05) is 58.1 Å². The second-order valence-electron chi connectivity index (χ2n) is 7.42. The molecule has 0 aliphatic carbocycles. The molecular formula is C24H27N3O4S. The maximum Gasteiger partial charge on any atom is 0.233 e. The average Bonchev–Trinajstić information content (AvgIpc) is 3.52. The van der Waals surface area contributed by atoms with Crippen LogP contribution in [0.3, 0.4) is 0 Å². The molecule has 2 heterocycles. The van der Waals surface area contributed by atoms with E-state index >= 15 is 0 Å². The third kappa shape index (κ3) is 4.55. The average molecular weight is 454 g/mol. The summed E-state index contributed by atoms with van der Waals surface area (Å²) in [6.45, 7) is 0.731. The fraction of sp³-hybridized carbons (Fsp3) is 0.333. The molecule has 0 N–H and O–H groups in total. The summed E-state index contributed by atoms with van der Waals surface area (Å²) < 4.78 is 18.3. The second-order valence-corrected chi connectivity index (χ2v) is 8.37. The molecular weight excluding hydrogens is 426 g/mol. The fourth-order valence-corrected chi connectivity index (χ4v) is 4.91. The van der Waals surface area contributed by atoms with Crippen molar-refractivity contribution in [1.29, 1.82) is 0 Å². The van der Waals surface area contributed by atoms with Crippen LogP contribution in [-0.4, -0.2) is 54.0 Å². The van der Waals surface area contributed by atoms with E-state index in [1.165, 1.54) is 11.8 Å². The van der Waals surface area contributed by atoms with Crippen LogP contribution in [0.5, 0.6) is 17.2 Å². The number of hydrogen-bond donors (Lipinski definition) is 0. The smallest absolute Gasteiger partial charge is 0.233 e. The summed E-state index contributed by atoms with van der Waals surface area (Å²) in [7, 11) is 4.94. The number of carbonyl (C=O) groups excluding carboxylic acids is 1. The Labute approximate surface area is 192 Å². The molecule has 1 atom stereocenters. The van der Waals surface area contributed by atoms with E-state index in [0.29, 0.717) is 5.75 Å². The molecule has 32 heavy (non-hydrogen) atoms. The van der Waals surface area contributed by atoms with Gasteiger partial charge in [0.05, 0.1) is 38.8 Å². The fourth-order valence-electron chi connectivity index (χ4n) is 4.05. The number of carbonyl (C=O) groups is 1. The molecule has 1 aliphatic heterocycles. The van der Waals surface area contributed by atoms with Gasteiger partial charge >= 0.3 is 0 Å². The van der Waals surface area contributed by atoms with E-state index in [2.05, 4.69) is 4.98 Å². The van der Waals surface area contributed by atoms with Crippen LogP contribution in [0.1, 0.15) is 24.4 Å². The molecule has 0 spiro atoms. The van der Waals surface area contributed by atoms with Crippen molar-refractivity contribution in [2.75, 3.05) is 33.6 Å².